The molecule has 0 bridgehead atoms. The van der Waals surface area contributed by atoms with Gasteiger partial charge < -0.3 is 10.4 Å². The van der Waals surface area contributed by atoms with Gasteiger partial charge in [0.15, 0.2) is 0 Å². The van der Waals surface area contributed by atoms with E-state index in [2.05, 4.69) is 10.3 Å². The minimum Gasteiger partial charge on any atom is -0.465 e. The molecule has 0 spiro atoms. The van der Waals surface area contributed by atoms with E-state index < -0.39 is 28.7 Å². The van der Waals surface area contributed by atoms with Gasteiger partial charge in [0, 0.05) is 13.0 Å². The molecule has 0 atom stereocenters. The van der Waals surface area contributed by atoms with E-state index in [0.29, 0.717) is 0 Å². The van der Waals surface area contributed by atoms with Crippen LogP contribution in [0.25, 0.3) is 16.6 Å². The van der Waals surface area contributed by atoms with E-state index >= 15 is 0 Å². The van der Waals surface area contributed by atoms with Gasteiger partial charge in [-0.15, -0.1) is 0 Å². The molecule has 3 rings (SSSR count). The zero-order valence-corrected chi connectivity index (χ0v) is 14.4. The summed E-state index contributed by atoms with van der Waals surface area (Å²) in [5, 5.41) is 19.4. The smallest absolute Gasteiger partial charge is 0.404 e. The highest BCUT2D eigenvalue weighted by Crippen LogP contribution is 2.19. The molecular formula is C19H14F2N4O3. The molecule has 2 N–H and O–H groups in total. The van der Waals surface area contributed by atoms with Crippen LogP contribution in [0.3, 0.4) is 0 Å². The first kappa shape index (κ1) is 19.0. The number of nitrogens with one attached hydrogen (secondary N) is 1. The Kier molecular flexibility index (Phi) is 5.31. The quantitative estimate of drug-likeness (QED) is 0.658. The summed E-state index contributed by atoms with van der Waals surface area (Å²) in [7, 11) is 0. The van der Waals surface area contributed by atoms with Gasteiger partial charge in [-0.1, -0.05) is 6.07 Å². The zero-order valence-electron chi connectivity index (χ0n) is 14.4. The lowest BCUT2D eigenvalue weighted by Crippen LogP contribution is -2.27. The fourth-order valence-corrected chi connectivity index (χ4v) is 2.85. The molecule has 3 aromatic rings. The molecule has 28 heavy (non-hydrogen) atoms. The number of hydrogen-bond donors (Lipinski definition) is 2. The second-order valence-corrected chi connectivity index (χ2v) is 5.92. The number of carboxylic acid groups (broad SMARTS) is 1. The van der Waals surface area contributed by atoms with Crippen LogP contribution in [0.2, 0.25) is 0 Å². The first-order chi connectivity index (χ1) is 13.4. The van der Waals surface area contributed by atoms with Gasteiger partial charge in [-0.3, -0.25) is 9.36 Å². The SMILES string of the molecule is N#Cc1cccc(-n2c(CCCNC(=O)O)nc3c(F)ccc(F)c3c2=O)c1. The monoisotopic (exact) mass is 384 g/mol. The van der Waals surface area contributed by atoms with Crippen molar-refractivity contribution in [2.45, 2.75) is 12.8 Å². The van der Waals surface area contributed by atoms with Crippen molar-refractivity contribution in [2.24, 2.45) is 0 Å². The Bertz CT molecular complexity index is 1170. The summed E-state index contributed by atoms with van der Waals surface area (Å²) in [6.45, 7) is 0.0904. The Labute approximate surface area is 157 Å². The minimum absolute atomic E-state index is 0.0904. The lowest BCUT2D eigenvalue weighted by Gasteiger charge is -2.14. The predicted molar refractivity (Wildman–Crippen MR) is 96.3 cm³/mol. The third kappa shape index (κ3) is 3.66. The molecular weight excluding hydrogens is 370 g/mol. The predicted octanol–water partition coefficient (Wildman–Crippen LogP) is 2.74. The lowest BCUT2D eigenvalue weighted by atomic mass is 10.1. The molecule has 9 heteroatoms. The van der Waals surface area contributed by atoms with Gasteiger partial charge in [-0.2, -0.15) is 5.26 Å². The van der Waals surface area contributed by atoms with E-state index in [1.54, 1.807) is 18.2 Å². The Hall–Kier alpha value is -3.80. The highest BCUT2D eigenvalue weighted by atomic mass is 19.1. The van der Waals surface area contributed by atoms with Crippen LogP contribution in [0.4, 0.5) is 13.6 Å². The van der Waals surface area contributed by atoms with Gasteiger partial charge in [0.05, 0.1) is 17.3 Å². The van der Waals surface area contributed by atoms with E-state index in [1.165, 1.54) is 6.07 Å². The summed E-state index contributed by atoms with van der Waals surface area (Å²) in [5.41, 5.74) is -0.636. The van der Waals surface area contributed by atoms with Crippen molar-refractivity contribution in [3.8, 4) is 11.8 Å². The second-order valence-electron chi connectivity index (χ2n) is 5.92. The number of carbonyl (C=O) groups is 1. The highest BCUT2D eigenvalue weighted by molar-refractivity contribution is 5.79. The van der Waals surface area contributed by atoms with Crippen LogP contribution >= 0.6 is 0 Å². The Morgan fingerprint density at radius 3 is 2.71 bits per heavy atom. The molecule has 2 aromatic carbocycles. The molecule has 1 heterocycles. The van der Waals surface area contributed by atoms with Crippen LogP contribution in [0, 0.1) is 23.0 Å². The Morgan fingerprint density at radius 1 is 1.25 bits per heavy atom. The molecule has 0 aliphatic carbocycles. The van der Waals surface area contributed by atoms with E-state index in [-0.39, 0.29) is 42.0 Å². The fourth-order valence-electron chi connectivity index (χ4n) is 2.85. The topological polar surface area (TPSA) is 108 Å². The van der Waals surface area contributed by atoms with Crippen LogP contribution in [0.15, 0.2) is 41.2 Å². The normalized spacial score (nSPS) is 10.6. The number of halogens is 2. The Morgan fingerprint density at radius 2 is 2.00 bits per heavy atom. The molecule has 142 valence electrons. The van der Waals surface area contributed by atoms with Crippen molar-refractivity contribution in [1.29, 1.82) is 5.26 Å². The van der Waals surface area contributed by atoms with Crippen molar-refractivity contribution >= 4 is 17.0 Å². The maximum atomic E-state index is 14.2. The molecule has 0 aliphatic heterocycles. The van der Waals surface area contributed by atoms with Crippen LogP contribution < -0.4 is 10.9 Å². The number of aromatic nitrogens is 2. The van der Waals surface area contributed by atoms with Gasteiger partial charge in [0.25, 0.3) is 5.56 Å². The molecule has 7 nitrogen and oxygen atoms in total. The second kappa shape index (κ2) is 7.84. The van der Waals surface area contributed by atoms with Gasteiger partial charge >= 0.3 is 6.09 Å². The third-order valence-corrected chi connectivity index (χ3v) is 4.08. The van der Waals surface area contributed by atoms with E-state index in [1.807, 2.05) is 6.07 Å². The molecule has 0 radical (unpaired) electrons. The van der Waals surface area contributed by atoms with Gasteiger partial charge in [-0.25, -0.2) is 18.6 Å². The van der Waals surface area contributed by atoms with Crippen molar-refractivity contribution in [3.63, 3.8) is 0 Å². The summed E-state index contributed by atoms with van der Waals surface area (Å²) in [6.07, 6.45) is -0.796. The van der Waals surface area contributed by atoms with Crippen molar-refractivity contribution in [2.75, 3.05) is 6.54 Å². The third-order valence-electron chi connectivity index (χ3n) is 4.08. The summed E-state index contributed by atoms with van der Waals surface area (Å²) in [6, 6.07) is 9.78. The summed E-state index contributed by atoms with van der Waals surface area (Å²) >= 11 is 0. The van der Waals surface area contributed by atoms with Crippen molar-refractivity contribution in [3.05, 3.63) is 69.8 Å². The Balaban J connectivity index is 2.20. The first-order valence-electron chi connectivity index (χ1n) is 8.29. The van der Waals surface area contributed by atoms with Crippen LogP contribution in [0.5, 0.6) is 0 Å². The van der Waals surface area contributed by atoms with Gasteiger partial charge in [-0.05, 0) is 36.8 Å². The molecule has 0 unspecified atom stereocenters. The molecule has 0 fully saturated rings. The number of hydrogen-bond acceptors (Lipinski definition) is 4. The van der Waals surface area contributed by atoms with Crippen LogP contribution in [-0.2, 0) is 6.42 Å². The number of rotatable bonds is 5. The molecule has 0 saturated heterocycles. The number of nitrogens with zero attached hydrogens (tertiary/aromatic N) is 3. The standard InChI is InChI=1S/C19H14F2N4O3/c20-13-6-7-14(21)17-16(13)18(26)25(12-4-1-3-11(9-12)10-22)15(24-17)5-2-8-23-19(27)28/h1,3-4,6-7,9,23H,2,5,8H2,(H,27,28). The van der Waals surface area contributed by atoms with Gasteiger partial charge in [0.1, 0.15) is 28.4 Å². The zero-order chi connectivity index (χ0) is 20.3. The summed E-state index contributed by atoms with van der Waals surface area (Å²) in [5.74, 6) is -1.61. The van der Waals surface area contributed by atoms with Crippen molar-refractivity contribution < 1.29 is 18.7 Å². The van der Waals surface area contributed by atoms with Crippen molar-refractivity contribution in [1.82, 2.24) is 14.9 Å². The first-order valence-corrected chi connectivity index (χ1v) is 8.29. The van der Waals surface area contributed by atoms with E-state index in [0.717, 1.165) is 16.7 Å². The summed E-state index contributed by atoms with van der Waals surface area (Å²) in [4.78, 5) is 27.7. The fraction of sp³-hybridized carbons (Fsp3) is 0.158. The van der Waals surface area contributed by atoms with Crippen LogP contribution in [-0.4, -0.2) is 27.3 Å². The average Bonchev–Trinajstić information content (AvgIpc) is 2.68. The number of benzene rings is 2. The molecule has 1 aromatic heterocycles. The summed E-state index contributed by atoms with van der Waals surface area (Å²) < 4.78 is 29.5. The number of aryl methyl sites for hydroxylation is 1. The number of fused-ring (bicyclic) bond motifs is 1. The largest absolute Gasteiger partial charge is 0.465 e. The van der Waals surface area contributed by atoms with Gasteiger partial charge in [0.2, 0.25) is 0 Å². The minimum atomic E-state index is -1.20. The number of amides is 1. The lowest BCUT2D eigenvalue weighted by molar-refractivity contribution is 0.194. The average molecular weight is 384 g/mol. The number of nitriles is 1. The molecule has 1 amide bonds. The maximum absolute atomic E-state index is 14.2. The van der Waals surface area contributed by atoms with Crippen LogP contribution in [0.1, 0.15) is 17.8 Å². The highest BCUT2D eigenvalue weighted by Gasteiger charge is 2.18. The molecule has 0 saturated carbocycles. The van der Waals surface area contributed by atoms with E-state index in [4.69, 9.17) is 10.4 Å². The molecule has 0 aliphatic rings. The van der Waals surface area contributed by atoms with E-state index in [9.17, 15) is 18.4 Å². The maximum Gasteiger partial charge on any atom is 0.404 e.